The second-order valence-corrected chi connectivity index (χ2v) is 10.9. The van der Waals surface area contributed by atoms with Crippen LogP contribution in [0.4, 0.5) is 0 Å². The van der Waals surface area contributed by atoms with Crippen molar-refractivity contribution in [1.29, 1.82) is 0 Å². The molecule has 1 aromatic carbocycles. The van der Waals surface area contributed by atoms with Gasteiger partial charge in [-0.3, -0.25) is 24.2 Å². The van der Waals surface area contributed by atoms with Gasteiger partial charge in [0.25, 0.3) is 5.91 Å². The van der Waals surface area contributed by atoms with Gasteiger partial charge in [-0.2, -0.15) is 5.10 Å². The Balaban J connectivity index is 1.15. The van der Waals surface area contributed by atoms with Crippen molar-refractivity contribution in [2.24, 2.45) is 0 Å². The number of aromatic nitrogens is 3. The summed E-state index contributed by atoms with van der Waals surface area (Å²) in [6, 6.07) is 9.55. The van der Waals surface area contributed by atoms with Gasteiger partial charge in [-0.05, 0) is 25.0 Å². The van der Waals surface area contributed by atoms with Gasteiger partial charge in [0.15, 0.2) is 0 Å². The lowest BCUT2D eigenvalue weighted by Gasteiger charge is -2.26. The SMILES string of the molecule is O=C(CCC(=O)NS(=O)(=O)C1CC1)NCc1n[nH]c2c1CN(C(=O)c1cc3ccccc3[nH]1)CC2. The van der Waals surface area contributed by atoms with Crippen molar-refractivity contribution >= 4 is 38.6 Å². The van der Waals surface area contributed by atoms with Crippen LogP contribution in [-0.4, -0.2) is 58.0 Å². The lowest BCUT2D eigenvalue weighted by molar-refractivity contribution is -0.125. The summed E-state index contributed by atoms with van der Waals surface area (Å²) >= 11 is 0. The van der Waals surface area contributed by atoms with Crippen LogP contribution in [0.2, 0.25) is 0 Å². The monoisotopic (exact) mass is 498 g/mol. The molecule has 11 nitrogen and oxygen atoms in total. The van der Waals surface area contributed by atoms with Gasteiger partial charge in [0.1, 0.15) is 5.69 Å². The normalized spacial score (nSPS) is 15.6. The number of nitrogens with one attached hydrogen (secondary N) is 4. The number of amides is 3. The summed E-state index contributed by atoms with van der Waals surface area (Å²) in [5, 5.41) is 10.5. The van der Waals surface area contributed by atoms with Crippen molar-refractivity contribution in [2.45, 2.75) is 50.4 Å². The van der Waals surface area contributed by atoms with Gasteiger partial charge in [0, 0.05) is 54.5 Å². The summed E-state index contributed by atoms with van der Waals surface area (Å²) in [6.45, 7) is 1.06. The van der Waals surface area contributed by atoms with Crippen LogP contribution in [0.3, 0.4) is 0 Å². The number of nitrogens with zero attached hydrogens (tertiary/aromatic N) is 2. The van der Waals surface area contributed by atoms with Crippen molar-refractivity contribution in [2.75, 3.05) is 6.54 Å². The predicted molar refractivity (Wildman–Crippen MR) is 126 cm³/mol. The summed E-state index contributed by atoms with van der Waals surface area (Å²) in [6.07, 6.45) is 1.38. The number of rotatable bonds is 8. The van der Waals surface area contributed by atoms with Crippen molar-refractivity contribution in [3.05, 3.63) is 53.0 Å². The molecule has 1 fully saturated rings. The van der Waals surface area contributed by atoms with Crippen molar-refractivity contribution in [1.82, 2.24) is 30.1 Å². The molecular formula is C23H26N6O5S. The number of hydrogen-bond donors (Lipinski definition) is 4. The van der Waals surface area contributed by atoms with Crippen LogP contribution in [0.1, 0.15) is 53.1 Å². The number of carbonyl (C=O) groups is 3. The fourth-order valence-electron chi connectivity index (χ4n) is 4.20. The summed E-state index contributed by atoms with van der Waals surface area (Å²) < 4.78 is 25.6. The standard InChI is InChI=1S/C23H26N6O5S/c30-21(7-8-22(31)28-35(33,34)15-5-6-15)24-12-20-16-13-29(10-9-18(16)26-27-20)23(32)19-11-14-3-1-2-4-17(14)25-19/h1-4,11,15,25H,5-10,12-13H2,(H,24,30)(H,26,27)(H,28,31). The van der Waals surface area contributed by atoms with Gasteiger partial charge in [-0.25, -0.2) is 8.42 Å². The molecule has 4 N–H and O–H groups in total. The molecule has 3 heterocycles. The summed E-state index contributed by atoms with van der Waals surface area (Å²) in [4.78, 5) is 42.1. The van der Waals surface area contributed by atoms with Gasteiger partial charge >= 0.3 is 0 Å². The molecule has 3 amide bonds. The highest BCUT2D eigenvalue weighted by Crippen LogP contribution is 2.27. The number of H-pyrrole nitrogens is 2. The minimum absolute atomic E-state index is 0.102. The molecular weight excluding hydrogens is 472 g/mol. The van der Waals surface area contributed by atoms with Crippen molar-refractivity contribution in [3.8, 4) is 0 Å². The summed E-state index contributed by atoms with van der Waals surface area (Å²) in [5.41, 5.74) is 3.85. The second kappa shape index (κ2) is 9.17. The first kappa shape index (κ1) is 23.1. The van der Waals surface area contributed by atoms with Crippen LogP contribution in [-0.2, 0) is 39.1 Å². The number of para-hydroxylation sites is 1. The molecule has 0 saturated heterocycles. The molecule has 3 aromatic rings. The average molecular weight is 499 g/mol. The largest absolute Gasteiger partial charge is 0.351 e. The first-order valence-electron chi connectivity index (χ1n) is 11.5. The molecule has 2 aliphatic rings. The van der Waals surface area contributed by atoms with Crippen molar-refractivity contribution in [3.63, 3.8) is 0 Å². The number of carbonyl (C=O) groups excluding carboxylic acids is 3. The Morgan fingerprint density at radius 1 is 1.11 bits per heavy atom. The van der Waals surface area contributed by atoms with E-state index in [2.05, 4.69) is 20.5 Å². The van der Waals surface area contributed by atoms with E-state index in [1.54, 1.807) is 4.90 Å². The van der Waals surface area contributed by atoms with E-state index in [-0.39, 0.29) is 31.2 Å². The lowest BCUT2D eigenvalue weighted by Crippen LogP contribution is -2.36. The van der Waals surface area contributed by atoms with E-state index in [9.17, 15) is 22.8 Å². The van der Waals surface area contributed by atoms with Gasteiger partial charge in [0.05, 0.1) is 17.5 Å². The van der Waals surface area contributed by atoms with Crippen LogP contribution in [0.15, 0.2) is 30.3 Å². The number of aromatic amines is 2. The zero-order valence-corrected chi connectivity index (χ0v) is 19.8. The van der Waals surface area contributed by atoms with Crippen LogP contribution in [0, 0.1) is 0 Å². The first-order chi connectivity index (χ1) is 16.8. The third kappa shape index (κ3) is 5.06. The zero-order valence-electron chi connectivity index (χ0n) is 19.0. The first-order valence-corrected chi connectivity index (χ1v) is 13.1. The topological polar surface area (TPSA) is 157 Å². The third-order valence-corrected chi connectivity index (χ3v) is 8.18. The molecule has 35 heavy (non-hydrogen) atoms. The molecule has 2 aromatic heterocycles. The summed E-state index contributed by atoms with van der Waals surface area (Å²) in [5.74, 6) is -1.17. The molecule has 1 aliphatic carbocycles. The van der Waals surface area contributed by atoms with Crippen LogP contribution < -0.4 is 10.0 Å². The van der Waals surface area contributed by atoms with E-state index in [1.807, 2.05) is 35.1 Å². The van der Waals surface area contributed by atoms with E-state index >= 15 is 0 Å². The summed E-state index contributed by atoms with van der Waals surface area (Å²) in [7, 11) is -3.61. The van der Waals surface area contributed by atoms with Crippen molar-refractivity contribution < 1.29 is 22.8 Å². The molecule has 0 atom stereocenters. The van der Waals surface area contributed by atoms with Gasteiger partial charge in [0.2, 0.25) is 21.8 Å². The Morgan fingerprint density at radius 3 is 2.66 bits per heavy atom. The highest BCUT2D eigenvalue weighted by molar-refractivity contribution is 7.90. The Kier molecular flexibility index (Phi) is 6.05. The van der Waals surface area contributed by atoms with Crippen LogP contribution in [0.5, 0.6) is 0 Å². The molecule has 0 bridgehead atoms. The molecule has 0 unspecified atom stereocenters. The molecule has 12 heteroatoms. The van der Waals surface area contributed by atoms with Gasteiger partial charge in [-0.1, -0.05) is 18.2 Å². The Morgan fingerprint density at radius 2 is 1.89 bits per heavy atom. The molecule has 0 spiro atoms. The quantitative estimate of drug-likeness (QED) is 0.364. The van der Waals surface area contributed by atoms with Gasteiger partial charge in [-0.15, -0.1) is 0 Å². The van der Waals surface area contributed by atoms with E-state index in [4.69, 9.17) is 0 Å². The van der Waals surface area contributed by atoms with E-state index in [0.717, 1.165) is 22.2 Å². The van der Waals surface area contributed by atoms with E-state index < -0.39 is 21.2 Å². The predicted octanol–water partition coefficient (Wildman–Crippen LogP) is 1.09. The smallest absolute Gasteiger partial charge is 0.270 e. The third-order valence-electron chi connectivity index (χ3n) is 6.32. The molecule has 184 valence electrons. The minimum Gasteiger partial charge on any atom is -0.351 e. The fraction of sp³-hybridized carbons (Fsp3) is 0.391. The maximum atomic E-state index is 13.1. The average Bonchev–Trinajstić information content (AvgIpc) is 3.51. The number of benzene rings is 1. The van der Waals surface area contributed by atoms with Crippen LogP contribution in [0.25, 0.3) is 10.9 Å². The molecule has 1 aliphatic heterocycles. The zero-order chi connectivity index (χ0) is 24.6. The maximum absolute atomic E-state index is 13.1. The highest BCUT2D eigenvalue weighted by Gasteiger charge is 2.36. The number of hydrogen-bond acceptors (Lipinski definition) is 6. The van der Waals surface area contributed by atoms with E-state index in [1.165, 1.54) is 0 Å². The van der Waals surface area contributed by atoms with Gasteiger partial charge < -0.3 is 15.2 Å². The maximum Gasteiger partial charge on any atom is 0.270 e. The molecule has 5 rings (SSSR count). The highest BCUT2D eigenvalue weighted by atomic mass is 32.2. The second-order valence-electron chi connectivity index (χ2n) is 8.92. The Labute approximate surface area is 201 Å². The Hall–Kier alpha value is -3.67. The fourth-order valence-corrected chi connectivity index (χ4v) is 5.54. The number of fused-ring (bicyclic) bond motifs is 2. The van der Waals surface area contributed by atoms with E-state index in [0.29, 0.717) is 43.7 Å². The molecule has 1 saturated carbocycles. The lowest BCUT2D eigenvalue weighted by atomic mass is 10.0. The number of sulfonamides is 1. The van der Waals surface area contributed by atoms with Crippen LogP contribution >= 0.6 is 0 Å². The Bertz CT molecular complexity index is 1370. The molecule has 0 radical (unpaired) electrons. The minimum atomic E-state index is -3.61.